The number of hydrogen-bond donors (Lipinski definition) is 2. The third-order valence-corrected chi connectivity index (χ3v) is 13.3. The smallest absolute Gasteiger partial charge is 0.462 e. The highest BCUT2D eigenvalue weighted by atomic mass is 31.2. The third kappa shape index (κ3) is 49.0. The molecule has 0 amide bonds. The standard InChI is InChI=1S/C56H105O11P/c1-4-7-10-13-16-19-21-23-25-26-28-30-32-35-38-41-44-47-56(60)67-53(49-63-54(58)45-42-39-36-34-31-29-27-24-22-20-17-14-11-8-5-2)51-65-68(61,62)64-50-52(48-57)66-55(59)46-43-40-37-33-18-15-12-9-6-3/h17,20,24,27,52-53,57H,4-16,18-19,21-23,25-26,28-51H2,1-3H3,(H,61,62)/b20-17-,27-24-. The van der Waals surface area contributed by atoms with E-state index in [0.717, 1.165) is 83.5 Å². The van der Waals surface area contributed by atoms with Gasteiger partial charge in [-0.05, 0) is 51.4 Å². The molecule has 0 aromatic rings. The zero-order valence-electron chi connectivity index (χ0n) is 44.1. The second-order valence-electron chi connectivity index (χ2n) is 19.1. The number of ether oxygens (including phenoxy) is 3. The number of phosphoric ester groups is 1. The van der Waals surface area contributed by atoms with Crippen LogP contribution in [0.1, 0.15) is 278 Å². The Labute approximate surface area is 417 Å². The first-order valence-electron chi connectivity index (χ1n) is 28.2. The Bertz CT molecular complexity index is 1240. The van der Waals surface area contributed by atoms with Gasteiger partial charge in [-0.15, -0.1) is 0 Å². The van der Waals surface area contributed by atoms with Crippen molar-refractivity contribution < 1.29 is 52.2 Å². The average molecular weight is 985 g/mol. The quantitative estimate of drug-likeness (QED) is 0.0197. The molecule has 400 valence electrons. The number of carbonyl (C=O) groups is 3. The number of phosphoric acid groups is 1. The summed E-state index contributed by atoms with van der Waals surface area (Å²) in [5.41, 5.74) is 0. The molecule has 0 aliphatic carbocycles. The molecular weight excluding hydrogens is 880 g/mol. The second kappa shape index (κ2) is 51.3. The summed E-state index contributed by atoms with van der Waals surface area (Å²) >= 11 is 0. The van der Waals surface area contributed by atoms with E-state index in [9.17, 15) is 28.9 Å². The summed E-state index contributed by atoms with van der Waals surface area (Å²) in [5.74, 6) is -1.46. The fraction of sp³-hybridized carbons (Fsp3) is 0.875. The predicted molar refractivity (Wildman–Crippen MR) is 280 cm³/mol. The molecule has 0 spiro atoms. The van der Waals surface area contributed by atoms with Crippen molar-refractivity contribution in [2.24, 2.45) is 0 Å². The van der Waals surface area contributed by atoms with Crippen LogP contribution in [0.4, 0.5) is 0 Å². The fourth-order valence-corrected chi connectivity index (χ4v) is 8.82. The number of allylic oxidation sites excluding steroid dienone is 4. The Morgan fingerprint density at radius 1 is 0.412 bits per heavy atom. The Morgan fingerprint density at radius 2 is 0.721 bits per heavy atom. The highest BCUT2D eigenvalue weighted by molar-refractivity contribution is 7.47. The van der Waals surface area contributed by atoms with Crippen molar-refractivity contribution in [3.63, 3.8) is 0 Å². The minimum atomic E-state index is -4.74. The molecule has 0 heterocycles. The minimum absolute atomic E-state index is 0.172. The fourth-order valence-electron chi connectivity index (χ4n) is 8.03. The highest BCUT2D eigenvalue weighted by Crippen LogP contribution is 2.43. The molecule has 0 saturated carbocycles. The van der Waals surface area contributed by atoms with Crippen molar-refractivity contribution in [2.75, 3.05) is 26.4 Å². The molecule has 0 radical (unpaired) electrons. The zero-order chi connectivity index (χ0) is 49.9. The largest absolute Gasteiger partial charge is 0.472 e. The summed E-state index contributed by atoms with van der Waals surface area (Å²) in [5, 5.41) is 9.76. The number of aliphatic hydroxyl groups is 1. The molecule has 0 fully saturated rings. The van der Waals surface area contributed by atoms with Gasteiger partial charge in [0.1, 0.15) is 12.7 Å². The van der Waals surface area contributed by atoms with Gasteiger partial charge in [0.05, 0.1) is 19.8 Å². The third-order valence-electron chi connectivity index (χ3n) is 12.4. The average Bonchev–Trinajstić information content (AvgIpc) is 3.32. The van der Waals surface area contributed by atoms with E-state index in [1.165, 1.54) is 135 Å². The van der Waals surface area contributed by atoms with Crippen LogP contribution in [0.25, 0.3) is 0 Å². The molecule has 3 unspecified atom stereocenters. The molecule has 0 aromatic heterocycles. The topological polar surface area (TPSA) is 155 Å². The first kappa shape index (κ1) is 66.0. The Hall–Kier alpha value is -2.04. The monoisotopic (exact) mass is 985 g/mol. The Kier molecular flexibility index (Phi) is 49.8. The lowest BCUT2D eigenvalue weighted by Crippen LogP contribution is -2.30. The van der Waals surface area contributed by atoms with Gasteiger partial charge in [0.2, 0.25) is 0 Å². The van der Waals surface area contributed by atoms with E-state index in [4.69, 9.17) is 23.3 Å². The van der Waals surface area contributed by atoms with Crippen LogP contribution in [0.3, 0.4) is 0 Å². The van der Waals surface area contributed by atoms with Crippen LogP contribution in [0, 0.1) is 0 Å². The van der Waals surface area contributed by atoms with Crippen LogP contribution in [-0.2, 0) is 42.2 Å². The van der Waals surface area contributed by atoms with E-state index in [1.54, 1.807) is 0 Å². The molecule has 3 atom stereocenters. The van der Waals surface area contributed by atoms with Crippen LogP contribution in [0.5, 0.6) is 0 Å². The van der Waals surface area contributed by atoms with Crippen LogP contribution in [0.15, 0.2) is 24.3 Å². The number of rotatable bonds is 53. The SMILES string of the molecule is CCCCC/C=C\C/C=C\CCCCCCCC(=O)OCC(COP(=O)(O)OCC(CO)OC(=O)CCCCCCCCCCC)OC(=O)CCCCCCCCCCCCCCCCCCC. The maximum absolute atomic E-state index is 12.9. The summed E-state index contributed by atoms with van der Waals surface area (Å²) in [6, 6.07) is 0. The highest BCUT2D eigenvalue weighted by Gasteiger charge is 2.28. The van der Waals surface area contributed by atoms with Gasteiger partial charge in [-0.3, -0.25) is 23.4 Å². The van der Waals surface area contributed by atoms with Crippen molar-refractivity contribution in [2.45, 2.75) is 290 Å². The summed E-state index contributed by atoms with van der Waals surface area (Å²) in [6.07, 6.45) is 50.0. The first-order chi connectivity index (χ1) is 33.2. The van der Waals surface area contributed by atoms with E-state index in [0.29, 0.717) is 19.3 Å². The van der Waals surface area contributed by atoms with Crippen LogP contribution < -0.4 is 0 Å². The summed E-state index contributed by atoms with van der Waals surface area (Å²) in [6.45, 7) is 4.62. The normalized spacial score (nSPS) is 13.5. The van der Waals surface area contributed by atoms with Gasteiger partial charge in [0.25, 0.3) is 0 Å². The summed E-state index contributed by atoms with van der Waals surface area (Å²) in [4.78, 5) is 48.4. The van der Waals surface area contributed by atoms with Crippen LogP contribution in [-0.4, -0.2) is 66.5 Å². The minimum Gasteiger partial charge on any atom is -0.462 e. The van der Waals surface area contributed by atoms with E-state index < -0.39 is 57.8 Å². The van der Waals surface area contributed by atoms with Crippen molar-refractivity contribution in [1.29, 1.82) is 0 Å². The zero-order valence-corrected chi connectivity index (χ0v) is 45.0. The van der Waals surface area contributed by atoms with Crippen LogP contribution >= 0.6 is 7.82 Å². The Morgan fingerprint density at radius 3 is 1.12 bits per heavy atom. The van der Waals surface area contributed by atoms with E-state index in [-0.39, 0.29) is 25.9 Å². The lowest BCUT2D eigenvalue weighted by Gasteiger charge is -2.21. The summed E-state index contributed by atoms with van der Waals surface area (Å²) in [7, 11) is -4.74. The molecule has 12 heteroatoms. The van der Waals surface area contributed by atoms with Gasteiger partial charge >= 0.3 is 25.7 Å². The van der Waals surface area contributed by atoms with Gasteiger partial charge in [-0.2, -0.15) is 0 Å². The van der Waals surface area contributed by atoms with Gasteiger partial charge in [0, 0.05) is 19.3 Å². The maximum atomic E-state index is 12.9. The molecule has 0 bridgehead atoms. The lowest BCUT2D eigenvalue weighted by molar-refractivity contribution is -0.161. The summed E-state index contributed by atoms with van der Waals surface area (Å²) < 4.78 is 39.4. The molecule has 0 saturated heterocycles. The van der Waals surface area contributed by atoms with E-state index >= 15 is 0 Å². The number of hydrogen-bond acceptors (Lipinski definition) is 10. The predicted octanol–water partition coefficient (Wildman–Crippen LogP) is 16.3. The maximum Gasteiger partial charge on any atom is 0.472 e. The van der Waals surface area contributed by atoms with Crippen molar-refractivity contribution in [1.82, 2.24) is 0 Å². The first-order valence-corrected chi connectivity index (χ1v) is 29.7. The Balaban J connectivity index is 4.70. The lowest BCUT2D eigenvalue weighted by atomic mass is 10.0. The number of unbranched alkanes of at least 4 members (excludes halogenated alkanes) is 32. The van der Waals surface area contributed by atoms with Crippen molar-refractivity contribution in [3.8, 4) is 0 Å². The van der Waals surface area contributed by atoms with Gasteiger partial charge in [-0.25, -0.2) is 4.57 Å². The van der Waals surface area contributed by atoms with Gasteiger partial charge in [-0.1, -0.05) is 231 Å². The second-order valence-corrected chi connectivity index (χ2v) is 20.6. The van der Waals surface area contributed by atoms with Crippen LogP contribution in [0.2, 0.25) is 0 Å². The van der Waals surface area contributed by atoms with E-state index in [1.807, 2.05) is 0 Å². The van der Waals surface area contributed by atoms with Crippen molar-refractivity contribution >= 4 is 25.7 Å². The molecule has 68 heavy (non-hydrogen) atoms. The van der Waals surface area contributed by atoms with Gasteiger partial charge < -0.3 is 24.2 Å². The van der Waals surface area contributed by atoms with E-state index in [2.05, 4.69) is 45.1 Å². The molecule has 0 rings (SSSR count). The molecule has 0 aromatic carbocycles. The number of carbonyl (C=O) groups excluding carboxylic acids is 3. The van der Waals surface area contributed by atoms with Gasteiger partial charge in [0.15, 0.2) is 6.10 Å². The molecule has 0 aliphatic heterocycles. The number of esters is 3. The molecule has 2 N–H and O–H groups in total. The molecule has 11 nitrogen and oxygen atoms in total. The van der Waals surface area contributed by atoms with Crippen molar-refractivity contribution in [3.05, 3.63) is 24.3 Å². The molecular formula is C56H105O11P. The molecule has 0 aliphatic rings. The number of aliphatic hydroxyl groups excluding tert-OH is 1.